The number of rotatable bonds is 8. The van der Waals surface area contributed by atoms with E-state index in [2.05, 4.69) is 240 Å². The fourth-order valence-electron chi connectivity index (χ4n) is 8.24. The van der Waals surface area contributed by atoms with Gasteiger partial charge in [0, 0.05) is 33.5 Å². The van der Waals surface area contributed by atoms with Crippen molar-refractivity contribution >= 4 is 38.9 Å². The lowest BCUT2D eigenvalue weighted by Gasteiger charge is -2.27. The largest absolute Gasteiger partial charge is 0.310 e. The summed E-state index contributed by atoms with van der Waals surface area (Å²) in [5.74, 6) is 0. The van der Waals surface area contributed by atoms with Crippen LogP contribution in [0.4, 0.5) is 17.1 Å². The van der Waals surface area contributed by atoms with Gasteiger partial charge in [0.1, 0.15) is 0 Å². The maximum absolute atomic E-state index is 2.41. The summed E-state index contributed by atoms with van der Waals surface area (Å²) in [6.45, 7) is 0. The van der Waals surface area contributed by atoms with Crippen LogP contribution < -0.4 is 4.90 Å². The number of hydrogen-bond donors (Lipinski definition) is 0. The van der Waals surface area contributed by atoms with E-state index in [9.17, 15) is 0 Å². The van der Waals surface area contributed by atoms with Crippen molar-refractivity contribution in [1.29, 1.82) is 0 Å². The Hall–Kier alpha value is -7.42. The van der Waals surface area contributed by atoms with Crippen LogP contribution in [0.25, 0.3) is 72.0 Å². The van der Waals surface area contributed by atoms with Crippen LogP contribution in [-0.2, 0) is 0 Å². The molecule has 0 saturated heterocycles. The molecule has 0 aliphatic carbocycles. The number of anilines is 3. The van der Waals surface area contributed by atoms with Crippen LogP contribution in [0.3, 0.4) is 0 Å². The van der Waals surface area contributed by atoms with E-state index in [0.717, 1.165) is 39.4 Å². The maximum atomic E-state index is 2.41. The van der Waals surface area contributed by atoms with Crippen LogP contribution in [0, 0.1) is 0 Å². The molecular weight excluding hydrogens is 677 g/mol. The van der Waals surface area contributed by atoms with Gasteiger partial charge >= 0.3 is 0 Å². The molecule has 0 aliphatic rings. The Morgan fingerprint density at radius 2 is 0.714 bits per heavy atom. The fourth-order valence-corrected chi connectivity index (χ4v) is 8.24. The highest BCUT2D eigenvalue weighted by Crippen LogP contribution is 2.44. The zero-order valence-electron chi connectivity index (χ0n) is 30.8. The van der Waals surface area contributed by atoms with Crippen molar-refractivity contribution in [2.45, 2.75) is 0 Å². The average Bonchev–Trinajstić information content (AvgIpc) is 3.61. The molecule has 0 atom stereocenters. The van der Waals surface area contributed by atoms with Gasteiger partial charge in [0.25, 0.3) is 0 Å². The molecule has 0 N–H and O–H groups in total. The molecule has 1 heterocycles. The summed E-state index contributed by atoms with van der Waals surface area (Å²) in [6.07, 6.45) is 0. The summed E-state index contributed by atoms with van der Waals surface area (Å²) in [4.78, 5) is 2.41. The zero-order chi connectivity index (χ0) is 37.3. The van der Waals surface area contributed by atoms with Gasteiger partial charge in [0.2, 0.25) is 0 Å². The van der Waals surface area contributed by atoms with E-state index >= 15 is 0 Å². The average molecular weight is 715 g/mol. The molecule has 0 spiro atoms. The predicted molar refractivity (Wildman–Crippen MR) is 237 cm³/mol. The van der Waals surface area contributed by atoms with Crippen molar-refractivity contribution in [2.24, 2.45) is 0 Å². The number of fused-ring (bicyclic) bond motifs is 3. The first-order chi connectivity index (χ1) is 27.8. The summed E-state index contributed by atoms with van der Waals surface area (Å²) in [6, 6.07) is 83.2. The first-order valence-electron chi connectivity index (χ1n) is 19.2. The summed E-state index contributed by atoms with van der Waals surface area (Å²) in [5.41, 5.74) is 16.2. The molecule has 1 aromatic heterocycles. The third-order valence-electron chi connectivity index (χ3n) is 10.8. The van der Waals surface area contributed by atoms with Crippen molar-refractivity contribution in [1.82, 2.24) is 4.57 Å². The van der Waals surface area contributed by atoms with E-state index < -0.39 is 0 Å². The van der Waals surface area contributed by atoms with Crippen molar-refractivity contribution in [2.75, 3.05) is 4.90 Å². The molecule has 0 radical (unpaired) electrons. The lowest BCUT2D eigenvalue weighted by Crippen LogP contribution is -2.10. The Labute approximate surface area is 327 Å². The third kappa shape index (κ3) is 6.04. The highest BCUT2D eigenvalue weighted by molar-refractivity contribution is 6.10. The van der Waals surface area contributed by atoms with E-state index in [1.165, 1.54) is 49.7 Å². The molecular formula is C54H38N2. The summed E-state index contributed by atoms with van der Waals surface area (Å²) >= 11 is 0. The number of hydrogen-bond acceptors (Lipinski definition) is 1. The normalized spacial score (nSPS) is 11.2. The molecule has 0 saturated carbocycles. The molecule has 9 aromatic carbocycles. The van der Waals surface area contributed by atoms with Crippen LogP contribution in [0.1, 0.15) is 0 Å². The van der Waals surface area contributed by atoms with Crippen LogP contribution in [0.15, 0.2) is 231 Å². The predicted octanol–water partition coefficient (Wildman–Crippen LogP) is 14.9. The number of aromatic nitrogens is 1. The lowest BCUT2D eigenvalue weighted by molar-refractivity contribution is 1.18. The Morgan fingerprint density at radius 1 is 0.268 bits per heavy atom. The Bertz CT molecular complexity index is 2850. The van der Waals surface area contributed by atoms with Gasteiger partial charge < -0.3 is 9.47 Å². The van der Waals surface area contributed by atoms with Crippen molar-refractivity contribution in [3.05, 3.63) is 231 Å². The Kier molecular flexibility index (Phi) is 8.55. The third-order valence-corrected chi connectivity index (χ3v) is 10.8. The minimum atomic E-state index is 1.08. The maximum Gasteiger partial charge on any atom is 0.0561 e. The van der Waals surface area contributed by atoms with E-state index in [1.807, 2.05) is 0 Å². The molecule has 0 unspecified atom stereocenters. The fraction of sp³-hybridized carbons (Fsp3) is 0. The summed E-state index contributed by atoms with van der Waals surface area (Å²) in [7, 11) is 0. The molecule has 10 aromatic rings. The molecule has 0 bridgehead atoms. The number of nitrogens with zero attached hydrogens (tertiary/aromatic N) is 2. The highest BCUT2D eigenvalue weighted by atomic mass is 15.1. The van der Waals surface area contributed by atoms with Crippen LogP contribution in [-0.4, -0.2) is 4.57 Å². The van der Waals surface area contributed by atoms with E-state index in [1.54, 1.807) is 0 Å². The molecule has 0 fully saturated rings. The monoisotopic (exact) mass is 714 g/mol. The highest BCUT2D eigenvalue weighted by Gasteiger charge is 2.20. The quantitative estimate of drug-likeness (QED) is 0.152. The smallest absolute Gasteiger partial charge is 0.0561 e. The van der Waals surface area contributed by atoms with Crippen molar-refractivity contribution in [3.63, 3.8) is 0 Å². The zero-order valence-corrected chi connectivity index (χ0v) is 30.8. The van der Waals surface area contributed by atoms with Gasteiger partial charge in [-0.25, -0.2) is 0 Å². The molecule has 0 aliphatic heterocycles. The first kappa shape index (κ1) is 33.2. The second-order valence-electron chi connectivity index (χ2n) is 14.2. The molecule has 56 heavy (non-hydrogen) atoms. The second-order valence-corrected chi connectivity index (χ2v) is 14.2. The van der Waals surface area contributed by atoms with Gasteiger partial charge in [-0.2, -0.15) is 0 Å². The van der Waals surface area contributed by atoms with E-state index in [4.69, 9.17) is 0 Å². The molecule has 2 nitrogen and oxygen atoms in total. The van der Waals surface area contributed by atoms with Gasteiger partial charge in [-0.05, 0) is 105 Å². The number of para-hydroxylation sites is 3. The second kappa shape index (κ2) is 14.4. The SMILES string of the molecule is c1ccc(-c2ccccc2-c2cc(-c3ccccc3-c3ccccc3)cc(N(c3ccccc3)c3ccc4c5ccccc5n(-c5ccccc5)c4c3)c2)cc1. The minimum Gasteiger partial charge on any atom is -0.310 e. The standard InChI is InChI=1S/C54H38N2/c1-5-19-39(20-6-1)47-27-13-15-29-49(47)41-35-42(50-30-16-14-28-48(50)40-21-7-2-8-22-40)37-46(36-41)55(43-23-9-3-10-24-43)45-33-34-52-51-31-17-18-32-53(51)56(54(52)38-45)44-25-11-4-12-26-44/h1-38H. The lowest BCUT2D eigenvalue weighted by atomic mass is 9.89. The van der Waals surface area contributed by atoms with E-state index in [-0.39, 0.29) is 0 Å². The minimum absolute atomic E-state index is 1.08. The molecule has 264 valence electrons. The van der Waals surface area contributed by atoms with Crippen molar-refractivity contribution < 1.29 is 0 Å². The van der Waals surface area contributed by atoms with Gasteiger partial charge in [-0.3, -0.25) is 0 Å². The summed E-state index contributed by atoms with van der Waals surface area (Å²) in [5, 5.41) is 2.47. The first-order valence-corrected chi connectivity index (χ1v) is 19.2. The van der Waals surface area contributed by atoms with Gasteiger partial charge in [-0.15, -0.1) is 0 Å². The number of benzene rings is 9. The van der Waals surface area contributed by atoms with Crippen LogP contribution in [0.5, 0.6) is 0 Å². The van der Waals surface area contributed by atoms with E-state index in [0.29, 0.717) is 0 Å². The van der Waals surface area contributed by atoms with Gasteiger partial charge in [-0.1, -0.05) is 170 Å². The van der Waals surface area contributed by atoms with Crippen LogP contribution >= 0.6 is 0 Å². The molecule has 0 amide bonds. The van der Waals surface area contributed by atoms with Gasteiger partial charge in [0.05, 0.1) is 11.0 Å². The van der Waals surface area contributed by atoms with Crippen molar-refractivity contribution in [3.8, 4) is 50.2 Å². The Balaban J connectivity index is 1.25. The topological polar surface area (TPSA) is 8.17 Å². The van der Waals surface area contributed by atoms with Gasteiger partial charge in [0.15, 0.2) is 0 Å². The van der Waals surface area contributed by atoms with Crippen LogP contribution in [0.2, 0.25) is 0 Å². The molecule has 2 heteroatoms. The summed E-state index contributed by atoms with van der Waals surface area (Å²) < 4.78 is 2.39. The molecule has 10 rings (SSSR count). The Morgan fingerprint density at radius 3 is 1.29 bits per heavy atom.